The molecule has 0 saturated heterocycles. The maximum atomic E-state index is 13.4. The van der Waals surface area contributed by atoms with Crippen molar-refractivity contribution in [2.75, 3.05) is 5.32 Å². The van der Waals surface area contributed by atoms with E-state index in [0.29, 0.717) is 11.4 Å². The van der Waals surface area contributed by atoms with Crippen molar-refractivity contribution in [3.63, 3.8) is 0 Å². The number of aromatic nitrogens is 2. The number of nitrogens with zero attached hydrogens (tertiary/aromatic N) is 2. The highest BCUT2D eigenvalue weighted by molar-refractivity contribution is 5.97. The Labute approximate surface area is 153 Å². The van der Waals surface area contributed by atoms with Crippen LogP contribution >= 0.6 is 0 Å². The van der Waals surface area contributed by atoms with Crippen LogP contribution < -0.4 is 5.32 Å². The number of hydrogen-bond acceptors (Lipinski definition) is 4. The number of amides is 1. The third-order valence-electron chi connectivity index (χ3n) is 4.01. The lowest BCUT2D eigenvalue weighted by Crippen LogP contribution is -2.37. The predicted octanol–water partition coefficient (Wildman–Crippen LogP) is 2.56. The van der Waals surface area contributed by atoms with Crippen LogP contribution in [0.3, 0.4) is 0 Å². The summed E-state index contributed by atoms with van der Waals surface area (Å²) >= 11 is 0. The van der Waals surface area contributed by atoms with E-state index >= 15 is 0 Å². The van der Waals surface area contributed by atoms with Gasteiger partial charge in [-0.3, -0.25) is 4.79 Å². The molecule has 1 atom stereocenters. The van der Waals surface area contributed by atoms with E-state index < -0.39 is 23.3 Å². The average Bonchev–Trinajstić information content (AvgIpc) is 3.12. The maximum Gasteiger partial charge on any atom is 0.356 e. The van der Waals surface area contributed by atoms with Gasteiger partial charge in [0.25, 0.3) is 5.91 Å². The fourth-order valence-corrected chi connectivity index (χ4v) is 2.48. The van der Waals surface area contributed by atoms with Crippen LogP contribution in [0.15, 0.2) is 60.8 Å². The second kappa shape index (κ2) is 7.00. The quantitative estimate of drug-likeness (QED) is 0.641. The Hall–Kier alpha value is -3.52. The topological polar surface area (TPSA) is 104 Å². The highest BCUT2D eigenvalue weighted by Crippen LogP contribution is 2.24. The van der Waals surface area contributed by atoms with Crippen molar-refractivity contribution in [2.45, 2.75) is 12.5 Å². The summed E-state index contributed by atoms with van der Waals surface area (Å²) in [6, 6.07) is 13.0. The third kappa shape index (κ3) is 3.85. The van der Waals surface area contributed by atoms with Crippen LogP contribution in [0.5, 0.6) is 0 Å². The van der Waals surface area contributed by atoms with Gasteiger partial charge in [-0.1, -0.05) is 18.2 Å². The van der Waals surface area contributed by atoms with E-state index in [1.165, 1.54) is 42.1 Å². The van der Waals surface area contributed by atoms with Crippen LogP contribution in [0.2, 0.25) is 0 Å². The van der Waals surface area contributed by atoms with Crippen molar-refractivity contribution in [1.29, 1.82) is 0 Å². The highest BCUT2D eigenvalue weighted by Gasteiger charge is 2.32. The SMILES string of the molecule is CC(O)(C(=O)Nc1cccc(-n2ccc(C(=O)O)n2)c1)c1cccc(F)c1. The molecule has 27 heavy (non-hydrogen) atoms. The van der Waals surface area contributed by atoms with Gasteiger partial charge in [0.1, 0.15) is 5.82 Å². The number of rotatable bonds is 5. The van der Waals surface area contributed by atoms with E-state index in [0.717, 1.165) is 6.07 Å². The first-order chi connectivity index (χ1) is 12.8. The van der Waals surface area contributed by atoms with Crippen molar-refractivity contribution < 1.29 is 24.2 Å². The van der Waals surface area contributed by atoms with Crippen molar-refractivity contribution in [3.8, 4) is 5.69 Å². The summed E-state index contributed by atoms with van der Waals surface area (Å²) in [6.45, 7) is 1.27. The van der Waals surface area contributed by atoms with Gasteiger partial charge in [-0.05, 0) is 48.9 Å². The van der Waals surface area contributed by atoms with Gasteiger partial charge in [0, 0.05) is 11.9 Å². The fraction of sp³-hybridized carbons (Fsp3) is 0.105. The first kappa shape index (κ1) is 18.3. The largest absolute Gasteiger partial charge is 0.476 e. The van der Waals surface area contributed by atoms with Gasteiger partial charge < -0.3 is 15.5 Å². The summed E-state index contributed by atoms with van der Waals surface area (Å²) in [5.41, 5.74) is -1.06. The molecule has 1 heterocycles. The third-order valence-corrected chi connectivity index (χ3v) is 4.01. The molecule has 3 aromatic rings. The van der Waals surface area contributed by atoms with Gasteiger partial charge in [0.05, 0.1) is 5.69 Å². The number of anilines is 1. The highest BCUT2D eigenvalue weighted by atomic mass is 19.1. The second-order valence-corrected chi connectivity index (χ2v) is 6.04. The van der Waals surface area contributed by atoms with Crippen LogP contribution in [0, 0.1) is 5.82 Å². The van der Waals surface area contributed by atoms with Crippen LogP contribution in [-0.2, 0) is 10.4 Å². The number of carboxylic acids is 1. The molecule has 1 amide bonds. The van der Waals surface area contributed by atoms with E-state index in [4.69, 9.17) is 5.11 Å². The Bertz CT molecular complexity index is 1010. The number of carbonyl (C=O) groups is 2. The Morgan fingerprint density at radius 2 is 1.89 bits per heavy atom. The van der Waals surface area contributed by atoms with Crippen LogP contribution in [0.1, 0.15) is 23.0 Å². The van der Waals surface area contributed by atoms with Gasteiger partial charge in [0.15, 0.2) is 11.3 Å². The number of carboxylic acid groups (broad SMARTS) is 1. The first-order valence-electron chi connectivity index (χ1n) is 7.96. The molecule has 0 aliphatic heterocycles. The van der Waals surface area contributed by atoms with Gasteiger partial charge in [-0.15, -0.1) is 0 Å². The summed E-state index contributed by atoms with van der Waals surface area (Å²) < 4.78 is 14.7. The minimum Gasteiger partial charge on any atom is -0.476 e. The molecule has 0 fully saturated rings. The normalized spacial score (nSPS) is 13.0. The van der Waals surface area contributed by atoms with E-state index in [1.807, 2.05) is 0 Å². The molecule has 138 valence electrons. The van der Waals surface area contributed by atoms with Crippen molar-refractivity contribution in [1.82, 2.24) is 9.78 Å². The summed E-state index contributed by atoms with van der Waals surface area (Å²) in [5.74, 6) is -2.45. The Morgan fingerprint density at radius 1 is 1.15 bits per heavy atom. The fourth-order valence-electron chi connectivity index (χ4n) is 2.48. The van der Waals surface area contributed by atoms with Crippen molar-refractivity contribution in [3.05, 3.63) is 77.9 Å². The van der Waals surface area contributed by atoms with Gasteiger partial charge >= 0.3 is 5.97 Å². The average molecular weight is 369 g/mol. The maximum absolute atomic E-state index is 13.4. The van der Waals surface area contributed by atoms with E-state index in [2.05, 4.69) is 10.4 Å². The molecule has 0 aliphatic rings. The molecular weight excluding hydrogens is 353 g/mol. The summed E-state index contributed by atoms with van der Waals surface area (Å²) in [7, 11) is 0. The van der Waals surface area contributed by atoms with Crippen molar-refractivity contribution in [2.24, 2.45) is 0 Å². The smallest absolute Gasteiger partial charge is 0.356 e. The molecule has 3 N–H and O–H groups in total. The molecule has 3 rings (SSSR count). The Morgan fingerprint density at radius 3 is 2.56 bits per heavy atom. The Balaban J connectivity index is 1.83. The van der Waals surface area contributed by atoms with Gasteiger partial charge in [0.2, 0.25) is 0 Å². The van der Waals surface area contributed by atoms with Gasteiger partial charge in [-0.2, -0.15) is 5.10 Å². The molecule has 0 bridgehead atoms. The van der Waals surface area contributed by atoms with Gasteiger partial charge in [-0.25, -0.2) is 13.9 Å². The van der Waals surface area contributed by atoms with E-state index in [9.17, 15) is 19.1 Å². The summed E-state index contributed by atoms with van der Waals surface area (Å²) in [5, 5.41) is 26.0. The zero-order chi connectivity index (χ0) is 19.6. The summed E-state index contributed by atoms with van der Waals surface area (Å²) in [4.78, 5) is 23.4. The molecule has 1 unspecified atom stereocenters. The molecule has 1 aromatic heterocycles. The number of nitrogens with one attached hydrogen (secondary N) is 1. The van der Waals surface area contributed by atoms with Crippen LogP contribution in [0.4, 0.5) is 10.1 Å². The summed E-state index contributed by atoms with van der Waals surface area (Å²) in [6.07, 6.45) is 1.48. The minimum absolute atomic E-state index is 0.113. The zero-order valence-electron chi connectivity index (χ0n) is 14.3. The molecule has 0 spiro atoms. The standard InChI is InChI=1S/C19H16FN3O4/c1-19(27,12-4-2-5-13(20)10-12)18(26)21-14-6-3-7-15(11-14)23-9-8-16(22-23)17(24)25/h2-11,27H,1H3,(H,21,26)(H,24,25). The minimum atomic E-state index is -1.94. The lowest BCUT2D eigenvalue weighted by atomic mass is 9.95. The first-order valence-corrected chi connectivity index (χ1v) is 7.96. The lowest BCUT2D eigenvalue weighted by molar-refractivity contribution is -0.133. The van der Waals surface area contributed by atoms with Crippen LogP contribution in [0.25, 0.3) is 5.69 Å². The van der Waals surface area contributed by atoms with Crippen molar-refractivity contribution >= 4 is 17.6 Å². The molecule has 0 aliphatic carbocycles. The number of aromatic carboxylic acids is 1. The lowest BCUT2D eigenvalue weighted by Gasteiger charge is -2.23. The number of benzene rings is 2. The second-order valence-electron chi connectivity index (χ2n) is 6.04. The predicted molar refractivity (Wildman–Crippen MR) is 95.1 cm³/mol. The molecule has 2 aromatic carbocycles. The molecular formula is C19H16FN3O4. The number of carbonyl (C=O) groups excluding carboxylic acids is 1. The molecule has 0 radical (unpaired) electrons. The Kier molecular flexibility index (Phi) is 4.74. The van der Waals surface area contributed by atoms with E-state index in [1.54, 1.807) is 24.3 Å². The number of aliphatic hydroxyl groups is 1. The zero-order valence-corrected chi connectivity index (χ0v) is 14.3. The van der Waals surface area contributed by atoms with E-state index in [-0.39, 0.29) is 11.3 Å². The number of halogens is 1. The molecule has 8 heteroatoms. The monoisotopic (exact) mass is 369 g/mol. The van der Waals surface area contributed by atoms with Crippen LogP contribution in [-0.4, -0.2) is 31.9 Å². The molecule has 7 nitrogen and oxygen atoms in total. The number of hydrogen-bond donors (Lipinski definition) is 3. The molecule has 0 saturated carbocycles.